The van der Waals surface area contributed by atoms with E-state index in [1.54, 1.807) is 37.3 Å². The first kappa shape index (κ1) is 19.1. The van der Waals surface area contributed by atoms with Crippen LogP contribution in [0.3, 0.4) is 0 Å². The quantitative estimate of drug-likeness (QED) is 0.771. The van der Waals surface area contributed by atoms with Crippen molar-refractivity contribution < 1.29 is 18.0 Å². The summed E-state index contributed by atoms with van der Waals surface area (Å²) in [5, 5.41) is 0. The highest BCUT2D eigenvalue weighted by atomic mass is 32.2. The molecular weight excluding hydrogens is 366 g/mol. The average molecular weight is 387 g/mol. The van der Waals surface area contributed by atoms with Gasteiger partial charge in [-0.25, -0.2) is 8.42 Å². The van der Waals surface area contributed by atoms with Gasteiger partial charge in [0.1, 0.15) is 6.04 Å². The van der Waals surface area contributed by atoms with E-state index in [4.69, 9.17) is 0 Å². The lowest BCUT2D eigenvalue weighted by Gasteiger charge is -2.34. The van der Waals surface area contributed by atoms with Gasteiger partial charge in [-0.1, -0.05) is 42.5 Å². The Morgan fingerprint density at radius 1 is 1.00 bits per heavy atom. The molecule has 0 bridgehead atoms. The Labute approximate surface area is 158 Å². The molecule has 2 aromatic carbocycles. The number of sulfonamides is 1. The van der Waals surface area contributed by atoms with E-state index in [1.165, 1.54) is 4.31 Å². The molecule has 0 unspecified atom stereocenters. The molecule has 0 saturated carbocycles. The van der Waals surface area contributed by atoms with Crippen LogP contribution in [0.4, 0.5) is 0 Å². The molecule has 3 rings (SSSR count). The fraction of sp³-hybridized carbons (Fsp3) is 0.263. The fourth-order valence-corrected chi connectivity index (χ4v) is 4.27. The van der Waals surface area contributed by atoms with E-state index in [0.29, 0.717) is 5.56 Å². The summed E-state index contributed by atoms with van der Waals surface area (Å²) in [5.74, 6) is -1.13. The standard InChI is InChI=1S/C19H21N3O4S/c1-2-27(25,26)22-13-16-11-7-6-10-15(16)12-17(22)19(24)21-20-18(23)14-8-4-3-5-9-14/h3-11,17H,2,12-13H2,1H3,(H,20,23)(H,21,24)/t17-/m0/s1. The maximum atomic E-state index is 12.7. The third-order valence-electron chi connectivity index (χ3n) is 4.57. The summed E-state index contributed by atoms with van der Waals surface area (Å²) in [6.07, 6.45) is 0.252. The first-order chi connectivity index (χ1) is 12.9. The molecule has 1 atom stereocenters. The van der Waals surface area contributed by atoms with Crippen LogP contribution >= 0.6 is 0 Å². The topological polar surface area (TPSA) is 95.6 Å². The number of amides is 2. The number of fused-ring (bicyclic) bond motifs is 1. The minimum atomic E-state index is -3.59. The van der Waals surface area contributed by atoms with E-state index in [2.05, 4.69) is 10.9 Å². The van der Waals surface area contributed by atoms with Crippen LogP contribution in [-0.2, 0) is 27.8 Å². The second-order valence-corrected chi connectivity index (χ2v) is 8.45. The van der Waals surface area contributed by atoms with Gasteiger partial charge < -0.3 is 0 Å². The molecule has 1 heterocycles. The van der Waals surface area contributed by atoms with Gasteiger partial charge in [0, 0.05) is 12.1 Å². The minimum Gasteiger partial charge on any atom is -0.271 e. The normalized spacial score (nSPS) is 17.0. The number of rotatable bonds is 4. The van der Waals surface area contributed by atoms with E-state index in [9.17, 15) is 18.0 Å². The van der Waals surface area contributed by atoms with Crippen LogP contribution in [0.25, 0.3) is 0 Å². The molecule has 1 aliphatic heterocycles. The number of hydrazine groups is 1. The molecule has 27 heavy (non-hydrogen) atoms. The number of nitrogens with one attached hydrogen (secondary N) is 2. The van der Waals surface area contributed by atoms with Crippen LogP contribution in [0.1, 0.15) is 28.4 Å². The zero-order valence-electron chi connectivity index (χ0n) is 14.9. The Kier molecular flexibility index (Phi) is 5.57. The first-order valence-electron chi connectivity index (χ1n) is 8.64. The summed E-state index contributed by atoms with van der Waals surface area (Å²) in [7, 11) is -3.59. The highest BCUT2D eigenvalue weighted by molar-refractivity contribution is 7.89. The van der Waals surface area contributed by atoms with Crippen molar-refractivity contribution in [2.75, 3.05) is 5.75 Å². The lowest BCUT2D eigenvalue weighted by Crippen LogP contribution is -2.56. The van der Waals surface area contributed by atoms with E-state index in [-0.39, 0.29) is 18.7 Å². The molecule has 0 fully saturated rings. The molecule has 2 aromatic rings. The summed E-state index contributed by atoms with van der Waals surface area (Å²) in [5.41, 5.74) is 6.91. The highest BCUT2D eigenvalue weighted by Crippen LogP contribution is 2.26. The maximum Gasteiger partial charge on any atom is 0.269 e. The van der Waals surface area contributed by atoms with Crippen LogP contribution in [0.5, 0.6) is 0 Å². The zero-order valence-corrected chi connectivity index (χ0v) is 15.7. The molecule has 0 aromatic heterocycles. The van der Waals surface area contributed by atoms with Gasteiger partial charge in [0.2, 0.25) is 10.0 Å². The molecule has 142 valence electrons. The van der Waals surface area contributed by atoms with Gasteiger partial charge in [0.05, 0.1) is 5.75 Å². The molecule has 0 aliphatic carbocycles. The maximum absolute atomic E-state index is 12.7. The Balaban J connectivity index is 1.77. The van der Waals surface area contributed by atoms with Crippen molar-refractivity contribution in [1.82, 2.24) is 15.2 Å². The van der Waals surface area contributed by atoms with Crippen LogP contribution in [-0.4, -0.2) is 36.3 Å². The van der Waals surface area contributed by atoms with Crippen LogP contribution < -0.4 is 10.9 Å². The number of carbonyl (C=O) groups is 2. The van der Waals surface area contributed by atoms with Crippen LogP contribution in [0.2, 0.25) is 0 Å². The molecule has 0 radical (unpaired) electrons. The number of hydrogen-bond donors (Lipinski definition) is 2. The molecule has 2 amide bonds. The van der Waals surface area contributed by atoms with Crippen molar-refractivity contribution in [3.63, 3.8) is 0 Å². The zero-order chi connectivity index (χ0) is 19.4. The van der Waals surface area contributed by atoms with Crippen molar-refractivity contribution in [3.05, 3.63) is 71.3 Å². The largest absolute Gasteiger partial charge is 0.271 e. The number of hydrogen-bond acceptors (Lipinski definition) is 4. The third-order valence-corrected chi connectivity index (χ3v) is 6.39. The van der Waals surface area contributed by atoms with Gasteiger partial charge >= 0.3 is 0 Å². The summed E-state index contributed by atoms with van der Waals surface area (Å²) in [6.45, 7) is 1.68. The summed E-state index contributed by atoms with van der Waals surface area (Å²) >= 11 is 0. The summed E-state index contributed by atoms with van der Waals surface area (Å²) in [6, 6.07) is 15.0. The lowest BCUT2D eigenvalue weighted by atomic mass is 9.95. The van der Waals surface area contributed by atoms with Gasteiger partial charge in [-0.05, 0) is 36.6 Å². The van der Waals surface area contributed by atoms with Crippen molar-refractivity contribution in [1.29, 1.82) is 0 Å². The van der Waals surface area contributed by atoms with E-state index in [0.717, 1.165) is 11.1 Å². The molecule has 0 spiro atoms. The smallest absolute Gasteiger partial charge is 0.269 e. The Hall–Kier alpha value is -2.71. The number of benzene rings is 2. The highest BCUT2D eigenvalue weighted by Gasteiger charge is 2.38. The third kappa shape index (κ3) is 4.17. The molecule has 0 saturated heterocycles. The summed E-state index contributed by atoms with van der Waals surface area (Å²) < 4.78 is 26.2. The van der Waals surface area contributed by atoms with E-state index < -0.39 is 27.9 Å². The predicted molar refractivity (Wildman–Crippen MR) is 101 cm³/mol. The molecular formula is C19H21N3O4S. The van der Waals surface area contributed by atoms with Crippen molar-refractivity contribution in [2.24, 2.45) is 0 Å². The van der Waals surface area contributed by atoms with Crippen LogP contribution in [0, 0.1) is 0 Å². The average Bonchev–Trinajstić information content (AvgIpc) is 2.71. The van der Waals surface area contributed by atoms with E-state index in [1.807, 2.05) is 24.3 Å². The molecule has 1 aliphatic rings. The first-order valence-corrected chi connectivity index (χ1v) is 10.2. The van der Waals surface area contributed by atoms with Gasteiger partial charge in [0.25, 0.3) is 11.8 Å². The van der Waals surface area contributed by atoms with Crippen molar-refractivity contribution in [2.45, 2.75) is 25.9 Å². The Bertz CT molecular complexity index is 944. The Morgan fingerprint density at radius 3 is 2.30 bits per heavy atom. The SMILES string of the molecule is CCS(=O)(=O)N1Cc2ccccc2C[C@H]1C(=O)NNC(=O)c1ccccc1. The molecule has 7 nitrogen and oxygen atoms in total. The minimum absolute atomic E-state index is 0.102. The monoisotopic (exact) mass is 387 g/mol. The fourth-order valence-electron chi connectivity index (χ4n) is 3.04. The predicted octanol–water partition coefficient (Wildman–Crippen LogP) is 1.22. The number of carbonyl (C=O) groups excluding carboxylic acids is 2. The van der Waals surface area contributed by atoms with Gasteiger partial charge in [0.15, 0.2) is 0 Å². The molecule has 2 N–H and O–H groups in total. The number of nitrogens with zero attached hydrogens (tertiary/aromatic N) is 1. The van der Waals surface area contributed by atoms with Gasteiger partial charge in [-0.3, -0.25) is 20.4 Å². The second kappa shape index (κ2) is 7.89. The van der Waals surface area contributed by atoms with Gasteiger partial charge in [-0.2, -0.15) is 4.31 Å². The summed E-state index contributed by atoms with van der Waals surface area (Å²) in [4.78, 5) is 24.8. The lowest BCUT2D eigenvalue weighted by molar-refractivity contribution is -0.126. The van der Waals surface area contributed by atoms with E-state index >= 15 is 0 Å². The Morgan fingerprint density at radius 2 is 1.63 bits per heavy atom. The van der Waals surface area contributed by atoms with Gasteiger partial charge in [-0.15, -0.1) is 0 Å². The van der Waals surface area contributed by atoms with Crippen LogP contribution in [0.15, 0.2) is 54.6 Å². The van der Waals surface area contributed by atoms with Crippen molar-refractivity contribution in [3.8, 4) is 0 Å². The second-order valence-electron chi connectivity index (χ2n) is 6.24. The van der Waals surface area contributed by atoms with Crippen molar-refractivity contribution >= 4 is 21.8 Å². The molecule has 8 heteroatoms.